The Morgan fingerprint density at radius 1 is 1.00 bits per heavy atom. The maximum Gasteiger partial charge on any atom is 0.264 e. The van der Waals surface area contributed by atoms with Crippen LogP contribution in [0.15, 0.2) is 0 Å². The summed E-state index contributed by atoms with van der Waals surface area (Å²) < 4.78 is 51.4. The first-order valence-corrected chi connectivity index (χ1v) is 7.92. The molecule has 0 saturated heterocycles. The molecule has 8 heteroatoms. The lowest BCUT2D eigenvalue weighted by Gasteiger charge is -2.09. The fraction of sp³-hybridized carbons (Fsp3) is 1.00. The van der Waals surface area contributed by atoms with E-state index in [1.807, 2.05) is 0 Å². The molecule has 1 unspecified atom stereocenters. The fourth-order valence-corrected chi connectivity index (χ4v) is 1.60. The van der Waals surface area contributed by atoms with Crippen molar-refractivity contribution in [2.75, 3.05) is 25.7 Å². The molecule has 6 nitrogen and oxygen atoms in total. The molecule has 0 aliphatic carbocycles. The van der Waals surface area contributed by atoms with Crippen LogP contribution in [0.3, 0.4) is 0 Å². The van der Waals surface area contributed by atoms with E-state index in [0.717, 1.165) is 12.5 Å². The zero-order valence-electron chi connectivity index (χ0n) is 8.96. The van der Waals surface area contributed by atoms with Gasteiger partial charge in [0.15, 0.2) is 0 Å². The fourth-order valence-electron chi connectivity index (χ4n) is 0.724. The molecule has 0 saturated carbocycles. The third kappa shape index (κ3) is 11.7. The minimum atomic E-state index is -3.43. The minimum Gasteiger partial charge on any atom is -0.270 e. The second-order valence-corrected chi connectivity index (χ2v) is 6.70. The van der Waals surface area contributed by atoms with Crippen molar-refractivity contribution in [2.45, 2.75) is 13.3 Å². The highest BCUT2D eigenvalue weighted by Crippen LogP contribution is 2.05. The second kappa shape index (κ2) is 5.78. The van der Waals surface area contributed by atoms with E-state index in [1.54, 1.807) is 6.92 Å². The molecule has 0 aliphatic heterocycles. The van der Waals surface area contributed by atoms with Crippen molar-refractivity contribution in [3.8, 4) is 0 Å². The van der Waals surface area contributed by atoms with Crippen LogP contribution < -0.4 is 0 Å². The smallest absolute Gasteiger partial charge is 0.264 e. The zero-order chi connectivity index (χ0) is 12.1. The summed E-state index contributed by atoms with van der Waals surface area (Å²) >= 11 is 0. The first kappa shape index (κ1) is 14.8. The Bertz CT molecular complexity index is 368. The molecule has 0 amide bonds. The molecule has 0 N–H and O–H groups in total. The number of hydrogen-bond acceptors (Lipinski definition) is 6. The monoisotopic (exact) mass is 260 g/mol. The summed E-state index contributed by atoms with van der Waals surface area (Å²) in [7, 11) is -6.85. The Morgan fingerprint density at radius 2 is 1.47 bits per heavy atom. The van der Waals surface area contributed by atoms with Crippen molar-refractivity contribution in [2.24, 2.45) is 5.92 Å². The van der Waals surface area contributed by atoms with Gasteiger partial charge in [0.1, 0.15) is 0 Å². The molecular formula is C7H16O6S2. The van der Waals surface area contributed by atoms with Crippen molar-refractivity contribution in [3.05, 3.63) is 0 Å². The Labute approximate surface area is 90.8 Å². The first-order valence-electron chi connectivity index (χ1n) is 4.29. The van der Waals surface area contributed by atoms with Crippen LogP contribution in [0.1, 0.15) is 13.3 Å². The van der Waals surface area contributed by atoms with E-state index in [1.165, 1.54) is 0 Å². The van der Waals surface area contributed by atoms with Crippen LogP contribution in [0.25, 0.3) is 0 Å². The molecule has 0 bridgehead atoms. The molecule has 0 spiro atoms. The van der Waals surface area contributed by atoms with E-state index >= 15 is 0 Å². The topological polar surface area (TPSA) is 86.7 Å². The Kier molecular flexibility index (Phi) is 5.71. The molecule has 15 heavy (non-hydrogen) atoms. The minimum absolute atomic E-state index is 0.0337. The molecule has 0 radical (unpaired) electrons. The lowest BCUT2D eigenvalue weighted by Crippen LogP contribution is -2.14. The highest BCUT2D eigenvalue weighted by atomic mass is 32.2. The molecule has 0 heterocycles. The van der Waals surface area contributed by atoms with Gasteiger partial charge in [-0.25, -0.2) is 0 Å². The quantitative estimate of drug-likeness (QED) is 0.597. The summed E-state index contributed by atoms with van der Waals surface area (Å²) in [5.41, 5.74) is 0. The third-order valence-electron chi connectivity index (χ3n) is 1.47. The lowest BCUT2D eigenvalue weighted by atomic mass is 10.1. The standard InChI is InChI=1S/C7H16O6S2/c1-7(6-13-15(3,10)11)4-5-12-14(2,8)9/h7H,4-6H2,1-3H3. The average Bonchev–Trinajstić information content (AvgIpc) is 1.97. The van der Waals surface area contributed by atoms with Crippen LogP contribution in [-0.4, -0.2) is 42.6 Å². The van der Waals surface area contributed by atoms with E-state index in [4.69, 9.17) is 0 Å². The molecule has 0 aromatic heterocycles. The molecule has 0 aromatic rings. The first-order chi connectivity index (χ1) is 6.60. The molecule has 0 aromatic carbocycles. The summed E-state index contributed by atoms with van der Waals surface area (Å²) in [5, 5.41) is 0. The van der Waals surface area contributed by atoms with Crippen LogP contribution >= 0.6 is 0 Å². The van der Waals surface area contributed by atoms with Crippen molar-refractivity contribution in [3.63, 3.8) is 0 Å². The van der Waals surface area contributed by atoms with Crippen molar-refractivity contribution < 1.29 is 25.2 Å². The zero-order valence-corrected chi connectivity index (χ0v) is 10.6. The van der Waals surface area contributed by atoms with Gasteiger partial charge in [0, 0.05) is 0 Å². The number of hydrogen-bond donors (Lipinski definition) is 0. The summed E-state index contributed by atoms with van der Waals surface area (Å²) in [6.45, 7) is 1.82. The lowest BCUT2D eigenvalue weighted by molar-refractivity contribution is 0.225. The van der Waals surface area contributed by atoms with Crippen LogP contribution in [0.2, 0.25) is 0 Å². The summed E-state index contributed by atoms with van der Waals surface area (Å²) in [6.07, 6.45) is 2.35. The summed E-state index contributed by atoms with van der Waals surface area (Å²) in [6, 6.07) is 0. The van der Waals surface area contributed by atoms with Crippen LogP contribution in [0.5, 0.6) is 0 Å². The van der Waals surface area contributed by atoms with Crippen molar-refractivity contribution in [1.29, 1.82) is 0 Å². The molecule has 0 fully saturated rings. The predicted octanol–water partition coefficient (Wildman–Crippen LogP) is -0.0350. The molecule has 0 rings (SSSR count). The van der Waals surface area contributed by atoms with Gasteiger partial charge in [-0.1, -0.05) is 6.92 Å². The van der Waals surface area contributed by atoms with Crippen LogP contribution in [0, 0.1) is 5.92 Å². The second-order valence-electron chi connectivity index (χ2n) is 3.41. The van der Waals surface area contributed by atoms with E-state index < -0.39 is 20.2 Å². The predicted molar refractivity (Wildman–Crippen MR) is 55.4 cm³/mol. The van der Waals surface area contributed by atoms with Gasteiger partial charge in [-0.3, -0.25) is 8.37 Å². The Balaban J connectivity index is 3.72. The van der Waals surface area contributed by atoms with Gasteiger partial charge < -0.3 is 0 Å². The maximum atomic E-state index is 10.6. The maximum absolute atomic E-state index is 10.6. The van der Waals surface area contributed by atoms with Gasteiger partial charge in [-0.05, 0) is 12.3 Å². The molecule has 0 aliphatic rings. The van der Waals surface area contributed by atoms with Gasteiger partial charge in [0.05, 0.1) is 25.7 Å². The molecular weight excluding hydrogens is 244 g/mol. The molecule has 92 valence electrons. The van der Waals surface area contributed by atoms with Gasteiger partial charge in [0.25, 0.3) is 20.2 Å². The largest absolute Gasteiger partial charge is 0.270 e. The van der Waals surface area contributed by atoms with Gasteiger partial charge in [-0.2, -0.15) is 16.8 Å². The van der Waals surface area contributed by atoms with Crippen LogP contribution in [-0.2, 0) is 28.6 Å². The van der Waals surface area contributed by atoms with E-state index in [-0.39, 0.29) is 19.1 Å². The van der Waals surface area contributed by atoms with Crippen molar-refractivity contribution >= 4 is 20.2 Å². The van der Waals surface area contributed by atoms with E-state index in [2.05, 4.69) is 8.37 Å². The van der Waals surface area contributed by atoms with Gasteiger partial charge in [-0.15, -0.1) is 0 Å². The third-order valence-corrected chi connectivity index (χ3v) is 2.63. The Morgan fingerprint density at radius 3 is 1.87 bits per heavy atom. The van der Waals surface area contributed by atoms with Crippen LogP contribution in [0.4, 0.5) is 0 Å². The van der Waals surface area contributed by atoms with E-state index in [9.17, 15) is 16.8 Å². The normalized spacial score (nSPS) is 15.1. The van der Waals surface area contributed by atoms with E-state index in [0.29, 0.717) is 6.42 Å². The number of rotatable bonds is 7. The Hall–Kier alpha value is -0.180. The van der Waals surface area contributed by atoms with Crippen molar-refractivity contribution in [1.82, 2.24) is 0 Å². The summed E-state index contributed by atoms with van der Waals surface area (Å²) in [5.74, 6) is -0.0820. The summed E-state index contributed by atoms with van der Waals surface area (Å²) in [4.78, 5) is 0. The molecule has 1 atom stereocenters. The van der Waals surface area contributed by atoms with Gasteiger partial charge in [0.2, 0.25) is 0 Å². The van der Waals surface area contributed by atoms with Gasteiger partial charge >= 0.3 is 0 Å². The average molecular weight is 260 g/mol. The SMILES string of the molecule is CC(CCOS(C)(=O)=O)COS(C)(=O)=O. The highest BCUT2D eigenvalue weighted by molar-refractivity contribution is 7.86. The highest BCUT2D eigenvalue weighted by Gasteiger charge is 2.09.